The molecule has 0 aliphatic heterocycles. The van der Waals surface area contributed by atoms with Crippen LogP contribution in [0.5, 0.6) is 0 Å². The van der Waals surface area contributed by atoms with E-state index in [1.807, 2.05) is 14.1 Å². The Morgan fingerprint density at radius 1 is 1.58 bits per heavy atom. The molecule has 1 aliphatic rings. The molecule has 1 saturated carbocycles. The predicted octanol–water partition coefficient (Wildman–Crippen LogP) is 0.981. The first-order valence-electron chi connectivity index (χ1n) is 6.22. The first-order chi connectivity index (χ1) is 8.99. The van der Waals surface area contributed by atoms with Gasteiger partial charge in [-0.05, 0) is 38.9 Å². The summed E-state index contributed by atoms with van der Waals surface area (Å²) in [6.07, 6.45) is 2.50. The standard InChI is InChI=1S/C12H18ClN5O/c1-18(2)9(7-3-4-7)6-15-12-8(11(14)19)5-10(13)16-17-12/h5,7,9H,3-4,6H2,1-2H3,(H2,14,19)(H,15,17). The summed E-state index contributed by atoms with van der Waals surface area (Å²) in [7, 11) is 4.10. The molecular formula is C12H18ClN5O. The number of likely N-dealkylation sites (N-methyl/N-ethyl adjacent to an activating group) is 1. The van der Waals surface area contributed by atoms with Gasteiger partial charge in [-0.3, -0.25) is 4.79 Å². The lowest BCUT2D eigenvalue weighted by Crippen LogP contribution is -2.36. The van der Waals surface area contributed by atoms with E-state index < -0.39 is 5.91 Å². The molecule has 0 aromatic carbocycles. The van der Waals surface area contributed by atoms with E-state index in [1.165, 1.54) is 18.9 Å². The third-order valence-corrected chi connectivity index (χ3v) is 3.52. The first kappa shape index (κ1) is 14.0. The molecule has 0 radical (unpaired) electrons. The van der Waals surface area contributed by atoms with Crippen LogP contribution in [0.1, 0.15) is 23.2 Å². The molecule has 1 aromatic rings. The molecule has 19 heavy (non-hydrogen) atoms. The number of hydrogen-bond acceptors (Lipinski definition) is 5. The van der Waals surface area contributed by atoms with Crippen LogP contribution in [0.25, 0.3) is 0 Å². The van der Waals surface area contributed by atoms with Gasteiger partial charge in [0.15, 0.2) is 11.0 Å². The number of carbonyl (C=O) groups is 1. The van der Waals surface area contributed by atoms with Crippen molar-refractivity contribution >= 4 is 23.3 Å². The predicted molar refractivity (Wildman–Crippen MR) is 74.2 cm³/mol. The number of nitrogens with zero attached hydrogens (tertiary/aromatic N) is 3. The Morgan fingerprint density at radius 2 is 2.26 bits per heavy atom. The largest absolute Gasteiger partial charge is 0.366 e. The molecule has 0 spiro atoms. The molecule has 1 heterocycles. The molecule has 1 unspecified atom stereocenters. The van der Waals surface area contributed by atoms with Crippen molar-refractivity contribution in [3.63, 3.8) is 0 Å². The minimum atomic E-state index is -0.563. The number of rotatable bonds is 6. The summed E-state index contributed by atoms with van der Waals surface area (Å²) >= 11 is 5.72. The van der Waals surface area contributed by atoms with Crippen molar-refractivity contribution in [3.05, 3.63) is 16.8 Å². The summed E-state index contributed by atoms with van der Waals surface area (Å²) in [5.41, 5.74) is 5.58. The molecular weight excluding hydrogens is 266 g/mol. The van der Waals surface area contributed by atoms with E-state index in [0.717, 1.165) is 0 Å². The Morgan fingerprint density at radius 3 is 2.79 bits per heavy atom. The lowest BCUT2D eigenvalue weighted by molar-refractivity contribution is 0.100. The zero-order valence-electron chi connectivity index (χ0n) is 11.1. The van der Waals surface area contributed by atoms with Crippen LogP contribution in [-0.2, 0) is 0 Å². The van der Waals surface area contributed by atoms with Gasteiger partial charge in [0.2, 0.25) is 0 Å². The third kappa shape index (κ3) is 3.54. The van der Waals surface area contributed by atoms with Gasteiger partial charge in [0.05, 0.1) is 5.56 Å². The van der Waals surface area contributed by atoms with Crippen LogP contribution in [0, 0.1) is 5.92 Å². The normalized spacial score (nSPS) is 16.4. The van der Waals surface area contributed by atoms with Crippen LogP contribution in [0.3, 0.4) is 0 Å². The highest BCUT2D eigenvalue weighted by atomic mass is 35.5. The second-order valence-electron chi connectivity index (χ2n) is 5.04. The van der Waals surface area contributed by atoms with E-state index in [1.54, 1.807) is 0 Å². The van der Waals surface area contributed by atoms with Crippen molar-refractivity contribution in [2.45, 2.75) is 18.9 Å². The Bertz CT molecular complexity index is 473. The van der Waals surface area contributed by atoms with E-state index in [4.69, 9.17) is 17.3 Å². The van der Waals surface area contributed by atoms with Gasteiger partial charge >= 0.3 is 0 Å². The van der Waals surface area contributed by atoms with Crippen LogP contribution >= 0.6 is 11.6 Å². The van der Waals surface area contributed by atoms with Gasteiger partial charge in [-0.1, -0.05) is 11.6 Å². The molecule has 7 heteroatoms. The first-order valence-corrected chi connectivity index (χ1v) is 6.60. The number of anilines is 1. The Hall–Kier alpha value is -1.40. The maximum atomic E-state index is 11.3. The molecule has 2 rings (SSSR count). The molecule has 0 bridgehead atoms. The lowest BCUT2D eigenvalue weighted by Gasteiger charge is -2.24. The van der Waals surface area contributed by atoms with Crippen molar-refractivity contribution in [3.8, 4) is 0 Å². The summed E-state index contributed by atoms with van der Waals surface area (Å²) in [5.74, 6) is 0.538. The minimum absolute atomic E-state index is 0.158. The number of halogens is 1. The van der Waals surface area contributed by atoms with Gasteiger partial charge < -0.3 is 16.0 Å². The number of nitrogens with two attached hydrogens (primary N) is 1. The Labute approximate surface area is 117 Å². The average molecular weight is 284 g/mol. The zero-order valence-corrected chi connectivity index (χ0v) is 11.8. The maximum Gasteiger partial charge on any atom is 0.252 e. The summed E-state index contributed by atoms with van der Waals surface area (Å²) in [4.78, 5) is 13.5. The molecule has 1 aliphatic carbocycles. The van der Waals surface area contributed by atoms with Gasteiger partial charge in [-0.2, -0.15) is 0 Å². The van der Waals surface area contributed by atoms with Crippen molar-refractivity contribution in [1.82, 2.24) is 15.1 Å². The van der Waals surface area contributed by atoms with E-state index in [0.29, 0.717) is 24.3 Å². The van der Waals surface area contributed by atoms with Crippen LogP contribution in [0.2, 0.25) is 5.15 Å². The van der Waals surface area contributed by atoms with Crippen molar-refractivity contribution in [2.24, 2.45) is 11.7 Å². The van der Waals surface area contributed by atoms with Gasteiger partial charge in [-0.25, -0.2) is 0 Å². The third-order valence-electron chi connectivity index (χ3n) is 3.34. The molecule has 1 fully saturated rings. The quantitative estimate of drug-likeness (QED) is 0.813. The molecule has 1 amide bonds. The average Bonchev–Trinajstić information content (AvgIpc) is 3.14. The van der Waals surface area contributed by atoms with E-state index in [2.05, 4.69) is 20.4 Å². The van der Waals surface area contributed by atoms with E-state index in [9.17, 15) is 4.79 Å². The molecule has 1 aromatic heterocycles. The number of amides is 1. The second kappa shape index (κ2) is 5.71. The number of primary amides is 1. The maximum absolute atomic E-state index is 11.3. The van der Waals surface area contributed by atoms with Crippen molar-refractivity contribution in [1.29, 1.82) is 0 Å². The summed E-state index contributed by atoms with van der Waals surface area (Å²) in [6.45, 7) is 0.703. The number of aromatic nitrogens is 2. The molecule has 3 N–H and O–H groups in total. The van der Waals surface area contributed by atoms with Gasteiger partial charge in [0.1, 0.15) is 0 Å². The molecule has 0 saturated heterocycles. The van der Waals surface area contributed by atoms with Gasteiger partial charge in [0, 0.05) is 12.6 Å². The molecule has 6 nitrogen and oxygen atoms in total. The Balaban J connectivity index is 2.08. The van der Waals surface area contributed by atoms with Crippen LogP contribution < -0.4 is 11.1 Å². The number of carbonyl (C=O) groups excluding carboxylic acids is 1. The smallest absolute Gasteiger partial charge is 0.252 e. The highest BCUT2D eigenvalue weighted by Gasteiger charge is 2.32. The summed E-state index contributed by atoms with van der Waals surface area (Å²) in [6, 6.07) is 1.85. The highest BCUT2D eigenvalue weighted by Crippen LogP contribution is 2.34. The van der Waals surface area contributed by atoms with Crippen molar-refractivity contribution < 1.29 is 4.79 Å². The topological polar surface area (TPSA) is 84.1 Å². The zero-order chi connectivity index (χ0) is 14.0. The summed E-state index contributed by atoms with van der Waals surface area (Å²) < 4.78 is 0. The lowest BCUT2D eigenvalue weighted by atomic mass is 10.1. The van der Waals surface area contributed by atoms with E-state index in [-0.39, 0.29) is 10.7 Å². The Kier molecular flexibility index (Phi) is 4.21. The fourth-order valence-corrected chi connectivity index (χ4v) is 2.29. The van der Waals surface area contributed by atoms with Crippen LogP contribution in [0.4, 0.5) is 5.82 Å². The van der Waals surface area contributed by atoms with E-state index >= 15 is 0 Å². The highest BCUT2D eigenvalue weighted by molar-refractivity contribution is 6.29. The van der Waals surface area contributed by atoms with Crippen LogP contribution in [-0.4, -0.2) is 47.7 Å². The SMILES string of the molecule is CN(C)C(CNc1nnc(Cl)cc1C(N)=O)C1CC1. The van der Waals surface area contributed by atoms with Gasteiger partial charge in [-0.15, -0.1) is 10.2 Å². The van der Waals surface area contributed by atoms with Crippen molar-refractivity contribution in [2.75, 3.05) is 26.0 Å². The fraction of sp³-hybridized carbons (Fsp3) is 0.583. The molecule has 104 valence electrons. The summed E-state index contributed by atoms with van der Waals surface area (Å²) in [5, 5.41) is 10.9. The second-order valence-corrected chi connectivity index (χ2v) is 5.43. The van der Waals surface area contributed by atoms with Gasteiger partial charge in [0.25, 0.3) is 5.91 Å². The van der Waals surface area contributed by atoms with Crippen LogP contribution in [0.15, 0.2) is 6.07 Å². The minimum Gasteiger partial charge on any atom is -0.366 e. The number of nitrogens with one attached hydrogen (secondary N) is 1. The molecule has 1 atom stereocenters. The number of hydrogen-bond donors (Lipinski definition) is 2. The fourth-order valence-electron chi connectivity index (χ4n) is 2.14. The monoisotopic (exact) mass is 283 g/mol.